The Morgan fingerprint density at radius 3 is 2.58 bits per heavy atom. The lowest BCUT2D eigenvalue weighted by Crippen LogP contribution is -2.44. The smallest absolute Gasteiger partial charge is 0.246 e. The molecule has 8 nitrogen and oxygen atoms in total. The molecule has 0 aromatic heterocycles. The molecule has 0 spiro atoms. The van der Waals surface area contributed by atoms with Crippen molar-refractivity contribution < 1.29 is 27.9 Å². The molecule has 0 bridgehead atoms. The Morgan fingerprint density at radius 2 is 2.03 bits per heavy atom. The number of hydrogen-bond donors (Lipinski definition) is 2. The van der Waals surface area contributed by atoms with Crippen molar-refractivity contribution in [3.05, 3.63) is 59.0 Å². The third-order valence-corrected chi connectivity index (χ3v) is 7.97. The number of carbonyl (C=O) groups is 1. The Labute approximate surface area is 195 Å². The first kappa shape index (κ1) is 25.1. The highest BCUT2D eigenvalue weighted by atomic mass is 32.2. The van der Waals surface area contributed by atoms with Crippen LogP contribution < -0.4 is 5.48 Å². The number of ether oxygens (including phenoxy) is 2. The van der Waals surface area contributed by atoms with Gasteiger partial charge in [0.05, 0.1) is 4.91 Å². The number of benzene rings is 1. The predicted molar refractivity (Wildman–Crippen MR) is 123 cm³/mol. The summed E-state index contributed by atoms with van der Waals surface area (Å²) in [5.41, 5.74) is 1.60. The summed E-state index contributed by atoms with van der Waals surface area (Å²) in [6.07, 6.45) is 10.9. The number of hydrogen-bond acceptors (Lipinski definition) is 6. The number of nitrogens with zero attached hydrogens (tertiary/aromatic N) is 1. The summed E-state index contributed by atoms with van der Waals surface area (Å²) < 4.78 is 40.0. The standard InChI is InChI=1S/C24H30N2O6S/c1-3-18-32-24(22(31-4-2)19-8-6-5-7-9-19)14-10-21(11-15-24)33(29,30)26-16-12-20(13-17-26)23(27)25-28/h1,5-11,14,20,22,28H,4,12-13,15-18H2,2H3,(H,25,27). The molecule has 2 atom stereocenters. The van der Waals surface area contributed by atoms with Crippen LogP contribution in [0.15, 0.2) is 53.5 Å². The third kappa shape index (κ3) is 5.54. The van der Waals surface area contributed by atoms with Gasteiger partial charge in [-0.1, -0.05) is 42.3 Å². The van der Waals surface area contributed by atoms with Gasteiger partial charge in [0.15, 0.2) is 0 Å². The maximum absolute atomic E-state index is 13.2. The monoisotopic (exact) mass is 474 g/mol. The second-order valence-corrected chi connectivity index (χ2v) is 9.93. The van der Waals surface area contributed by atoms with Crippen molar-refractivity contribution in [3.63, 3.8) is 0 Å². The Kier molecular flexibility index (Phi) is 8.46. The Bertz CT molecular complexity index is 1020. The van der Waals surface area contributed by atoms with E-state index < -0.39 is 33.6 Å². The molecule has 0 radical (unpaired) electrons. The largest absolute Gasteiger partial charge is 0.370 e. The van der Waals surface area contributed by atoms with Crippen LogP contribution in [-0.2, 0) is 24.3 Å². The fourth-order valence-corrected chi connectivity index (χ4v) is 5.80. The van der Waals surface area contributed by atoms with Gasteiger partial charge in [-0.05, 0) is 37.5 Å². The highest BCUT2D eigenvalue weighted by molar-refractivity contribution is 7.93. The summed E-state index contributed by atoms with van der Waals surface area (Å²) >= 11 is 0. The second kappa shape index (κ2) is 11.1. The fourth-order valence-electron chi connectivity index (χ4n) is 4.28. The number of hydroxylamine groups is 1. The molecule has 0 saturated carbocycles. The van der Waals surface area contributed by atoms with Gasteiger partial charge in [0.1, 0.15) is 18.3 Å². The van der Waals surface area contributed by atoms with Crippen molar-refractivity contribution in [1.29, 1.82) is 0 Å². The van der Waals surface area contributed by atoms with Crippen LogP contribution in [0, 0.1) is 18.3 Å². The van der Waals surface area contributed by atoms with Gasteiger partial charge in [-0.2, -0.15) is 4.31 Å². The zero-order valence-electron chi connectivity index (χ0n) is 18.6. The van der Waals surface area contributed by atoms with E-state index in [0.717, 1.165) is 5.56 Å². The Balaban J connectivity index is 1.82. The molecule has 1 amide bonds. The van der Waals surface area contributed by atoms with E-state index in [1.54, 1.807) is 23.7 Å². The second-order valence-electron chi connectivity index (χ2n) is 7.99. The van der Waals surface area contributed by atoms with E-state index in [9.17, 15) is 13.2 Å². The number of carbonyl (C=O) groups excluding carboxylic acids is 1. The van der Waals surface area contributed by atoms with Crippen LogP contribution >= 0.6 is 0 Å². The minimum absolute atomic E-state index is 0.0527. The molecule has 3 rings (SSSR count). The van der Waals surface area contributed by atoms with Crippen molar-refractivity contribution in [2.24, 2.45) is 5.92 Å². The van der Waals surface area contributed by atoms with Crippen LogP contribution in [-0.4, -0.2) is 55.7 Å². The molecule has 178 valence electrons. The van der Waals surface area contributed by atoms with E-state index in [2.05, 4.69) is 5.92 Å². The van der Waals surface area contributed by atoms with Crippen molar-refractivity contribution in [1.82, 2.24) is 9.79 Å². The van der Waals surface area contributed by atoms with Crippen molar-refractivity contribution >= 4 is 15.9 Å². The number of rotatable bonds is 9. The van der Waals surface area contributed by atoms with Gasteiger partial charge in [-0.3, -0.25) is 10.0 Å². The van der Waals surface area contributed by atoms with Crippen molar-refractivity contribution in [2.75, 3.05) is 26.3 Å². The summed E-state index contributed by atoms with van der Waals surface area (Å²) in [7, 11) is -3.74. The normalized spacial score (nSPS) is 22.9. The topological polar surface area (TPSA) is 105 Å². The number of terminal acetylenes is 1. The van der Waals surface area contributed by atoms with Gasteiger partial charge in [0.25, 0.3) is 0 Å². The van der Waals surface area contributed by atoms with E-state index in [-0.39, 0.29) is 31.0 Å². The van der Waals surface area contributed by atoms with Crippen molar-refractivity contribution in [3.8, 4) is 12.3 Å². The quantitative estimate of drug-likeness (QED) is 0.324. The summed E-state index contributed by atoms with van der Waals surface area (Å²) in [4.78, 5) is 11.8. The molecule has 1 aliphatic carbocycles. The first-order valence-electron chi connectivity index (χ1n) is 11.0. The summed E-state index contributed by atoms with van der Waals surface area (Å²) in [6, 6.07) is 9.62. The Hall–Kier alpha value is -2.48. The molecule has 2 N–H and O–H groups in total. The lowest BCUT2D eigenvalue weighted by Gasteiger charge is -2.39. The zero-order valence-corrected chi connectivity index (χ0v) is 19.5. The van der Waals surface area contributed by atoms with Gasteiger partial charge in [-0.25, -0.2) is 13.9 Å². The predicted octanol–water partition coefficient (Wildman–Crippen LogP) is 2.54. The summed E-state index contributed by atoms with van der Waals surface area (Å²) in [5.74, 6) is 1.60. The van der Waals surface area contributed by atoms with Crippen LogP contribution in [0.25, 0.3) is 0 Å². The fraction of sp³-hybridized carbons (Fsp3) is 0.458. The average Bonchev–Trinajstić information content (AvgIpc) is 2.86. The summed E-state index contributed by atoms with van der Waals surface area (Å²) in [5, 5.41) is 8.81. The number of sulfonamides is 1. The molecule has 33 heavy (non-hydrogen) atoms. The minimum atomic E-state index is -3.74. The first-order valence-corrected chi connectivity index (χ1v) is 12.4. The third-order valence-electron chi connectivity index (χ3n) is 6.03. The maximum atomic E-state index is 13.2. The van der Waals surface area contributed by atoms with Gasteiger partial charge >= 0.3 is 0 Å². The molecular formula is C24H30N2O6S. The lowest BCUT2D eigenvalue weighted by atomic mass is 9.85. The lowest BCUT2D eigenvalue weighted by molar-refractivity contribution is -0.134. The number of allylic oxidation sites excluding steroid dienone is 1. The van der Waals surface area contributed by atoms with E-state index in [0.29, 0.717) is 19.4 Å². The minimum Gasteiger partial charge on any atom is -0.370 e. The first-order chi connectivity index (χ1) is 15.9. The van der Waals surface area contributed by atoms with Crippen LogP contribution in [0.2, 0.25) is 0 Å². The van der Waals surface area contributed by atoms with E-state index in [1.165, 1.54) is 4.31 Å². The SMILES string of the molecule is C#CCOC1(C(OCC)c2ccccc2)C=CC(S(=O)(=O)N2CCC(C(=O)NO)CC2)=CC1. The van der Waals surface area contributed by atoms with Crippen LogP contribution in [0.3, 0.4) is 0 Å². The molecular weight excluding hydrogens is 444 g/mol. The van der Waals surface area contributed by atoms with E-state index in [4.69, 9.17) is 21.1 Å². The molecule has 1 fully saturated rings. The number of nitrogens with one attached hydrogen (secondary N) is 1. The van der Waals surface area contributed by atoms with E-state index in [1.807, 2.05) is 37.3 Å². The summed E-state index contributed by atoms with van der Waals surface area (Å²) in [6.45, 7) is 2.80. The van der Waals surface area contributed by atoms with Crippen LogP contribution in [0.5, 0.6) is 0 Å². The van der Waals surface area contributed by atoms with Gasteiger partial charge < -0.3 is 9.47 Å². The highest BCUT2D eigenvalue weighted by Gasteiger charge is 2.42. The average molecular weight is 475 g/mol. The van der Waals surface area contributed by atoms with Gasteiger partial charge in [-0.15, -0.1) is 6.42 Å². The van der Waals surface area contributed by atoms with Gasteiger partial charge in [0.2, 0.25) is 15.9 Å². The van der Waals surface area contributed by atoms with Crippen LogP contribution in [0.4, 0.5) is 0 Å². The van der Waals surface area contributed by atoms with E-state index >= 15 is 0 Å². The highest BCUT2D eigenvalue weighted by Crippen LogP contribution is 2.41. The number of amides is 1. The number of piperidine rings is 1. The molecule has 1 aromatic carbocycles. The molecule has 9 heteroatoms. The molecule has 1 heterocycles. The zero-order chi connectivity index (χ0) is 23.9. The molecule has 2 unspecified atom stereocenters. The van der Waals surface area contributed by atoms with Gasteiger partial charge in [0, 0.05) is 32.0 Å². The Morgan fingerprint density at radius 1 is 1.33 bits per heavy atom. The molecule has 1 saturated heterocycles. The maximum Gasteiger partial charge on any atom is 0.246 e. The molecule has 2 aliphatic rings. The van der Waals surface area contributed by atoms with Crippen molar-refractivity contribution in [2.45, 2.75) is 37.9 Å². The van der Waals surface area contributed by atoms with Crippen LogP contribution in [0.1, 0.15) is 37.9 Å². The molecule has 1 aliphatic heterocycles. The molecule has 1 aromatic rings.